The van der Waals surface area contributed by atoms with Crippen molar-refractivity contribution in [3.8, 4) is 5.75 Å². The van der Waals surface area contributed by atoms with Crippen molar-refractivity contribution in [2.75, 3.05) is 19.7 Å². The highest BCUT2D eigenvalue weighted by molar-refractivity contribution is 5.80. The lowest BCUT2D eigenvalue weighted by atomic mass is 9.89. The van der Waals surface area contributed by atoms with Crippen LogP contribution in [0.25, 0.3) is 4.85 Å². The van der Waals surface area contributed by atoms with E-state index in [0.717, 1.165) is 24.0 Å². The van der Waals surface area contributed by atoms with E-state index in [2.05, 4.69) is 11.8 Å². The number of hydrogen-bond acceptors (Lipinski definition) is 3. The third-order valence-electron chi connectivity index (χ3n) is 3.93. The SMILES string of the molecule is [C-]#[N+]CC(=O)N1CCc2cc(OCC(=O)O)ccc2C1CCC. The van der Waals surface area contributed by atoms with E-state index in [0.29, 0.717) is 18.7 Å². The number of aliphatic carboxylic acids is 1. The predicted octanol–water partition coefficient (Wildman–Crippen LogP) is 2.30. The molecule has 23 heavy (non-hydrogen) atoms. The maximum Gasteiger partial charge on any atom is 0.341 e. The average molecular weight is 316 g/mol. The standard InChI is InChI=1S/C17H20N2O4/c1-3-4-15-14-6-5-13(23-11-17(21)22)9-12(14)7-8-19(15)16(20)10-18-2/h5-6,9,15H,3-4,7-8,10-11H2,1H3,(H,21,22). The summed E-state index contributed by atoms with van der Waals surface area (Å²) in [6.07, 6.45) is 2.46. The lowest BCUT2D eigenvalue weighted by Gasteiger charge is -2.36. The van der Waals surface area contributed by atoms with Crippen LogP contribution in [-0.2, 0) is 16.0 Å². The Balaban J connectivity index is 2.24. The lowest BCUT2D eigenvalue weighted by molar-refractivity contribution is -0.139. The van der Waals surface area contributed by atoms with Crippen molar-refractivity contribution < 1.29 is 19.4 Å². The smallest absolute Gasteiger partial charge is 0.341 e. The number of ether oxygens (including phenoxy) is 1. The summed E-state index contributed by atoms with van der Waals surface area (Å²) < 4.78 is 5.22. The molecule has 1 unspecified atom stereocenters. The molecule has 0 radical (unpaired) electrons. The van der Waals surface area contributed by atoms with Gasteiger partial charge in [0.05, 0.1) is 6.04 Å². The Hall–Kier alpha value is -2.55. The molecule has 0 saturated heterocycles. The summed E-state index contributed by atoms with van der Waals surface area (Å²) in [5.74, 6) is -0.611. The highest BCUT2D eigenvalue weighted by Gasteiger charge is 2.31. The number of nitrogens with zero attached hydrogens (tertiary/aromatic N) is 2. The van der Waals surface area contributed by atoms with E-state index in [1.165, 1.54) is 0 Å². The molecule has 0 aliphatic carbocycles. The molecule has 0 fully saturated rings. The van der Waals surface area contributed by atoms with E-state index in [-0.39, 0.29) is 25.1 Å². The first-order valence-corrected chi connectivity index (χ1v) is 7.67. The first kappa shape index (κ1) is 16.8. The number of hydrogen-bond donors (Lipinski definition) is 1. The Morgan fingerprint density at radius 2 is 2.26 bits per heavy atom. The Morgan fingerprint density at radius 1 is 1.48 bits per heavy atom. The number of fused-ring (bicyclic) bond motifs is 1. The van der Waals surface area contributed by atoms with Gasteiger partial charge in [-0.05, 0) is 36.1 Å². The van der Waals surface area contributed by atoms with Crippen LogP contribution < -0.4 is 4.74 Å². The minimum atomic E-state index is -1.01. The maximum atomic E-state index is 12.2. The third-order valence-corrected chi connectivity index (χ3v) is 3.93. The predicted molar refractivity (Wildman–Crippen MR) is 84.1 cm³/mol. The molecule has 6 heteroatoms. The molecule has 6 nitrogen and oxygen atoms in total. The van der Waals surface area contributed by atoms with Crippen LogP contribution in [0, 0.1) is 6.57 Å². The molecule has 0 bridgehead atoms. The van der Waals surface area contributed by atoms with Gasteiger partial charge in [0, 0.05) is 6.54 Å². The van der Waals surface area contributed by atoms with Gasteiger partial charge in [-0.1, -0.05) is 19.4 Å². The summed E-state index contributed by atoms with van der Waals surface area (Å²) in [6, 6.07) is 5.49. The lowest BCUT2D eigenvalue weighted by Crippen LogP contribution is -2.41. The van der Waals surface area contributed by atoms with E-state index < -0.39 is 5.97 Å². The van der Waals surface area contributed by atoms with Gasteiger partial charge in [-0.2, -0.15) is 0 Å². The zero-order chi connectivity index (χ0) is 16.8. The largest absolute Gasteiger partial charge is 0.482 e. The molecule has 1 N–H and O–H groups in total. The summed E-state index contributed by atoms with van der Waals surface area (Å²) in [7, 11) is 0. The van der Waals surface area contributed by atoms with E-state index in [1.54, 1.807) is 11.0 Å². The Morgan fingerprint density at radius 3 is 2.91 bits per heavy atom. The van der Waals surface area contributed by atoms with Crippen molar-refractivity contribution >= 4 is 11.9 Å². The molecular weight excluding hydrogens is 296 g/mol. The number of carboxylic acids is 1. The van der Waals surface area contributed by atoms with Crippen molar-refractivity contribution in [1.29, 1.82) is 0 Å². The topological polar surface area (TPSA) is 71.2 Å². The number of amides is 1. The van der Waals surface area contributed by atoms with Crippen LogP contribution in [-0.4, -0.2) is 41.6 Å². The van der Waals surface area contributed by atoms with Crippen LogP contribution in [0.4, 0.5) is 0 Å². The molecule has 1 aromatic carbocycles. The van der Waals surface area contributed by atoms with Crippen molar-refractivity contribution in [2.24, 2.45) is 0 Å². The first-order valence-electron chi connectivity index (χ1n) is 7.67. The van der Waals surface area contributed by atoms with Gasteiger partial charge in [-0.3, -0.25) is 4.79 Å². The van der Waals surface area contributed by atoms with Crippen molar-refractivity contribution in [3.63, 3.8) is 0 Å². The van der Waals surface area contributed by atoms with E-state index in [1.807, 2.05) is 12.1 Å². The molecular formula is C17H20N2O4. The summed E-state index contributed by atoms with van der Waals surface area (Å²) >= 11 is 0. The van der Waals surface area contributed by atoms with Gasteiger partial charge >= 0.3 is 11.9 Å². The number of carbonyl (C=O) groups excluding carboxylic acids is 1. The second-order valence-corrected chi connectivity index (χ2v) is 5.50. The fraction of sp³-hybridized carbons (Fsp3) is 0.471. The highest BCUT2D eigenvalue weighted by atomic mass is 16.5. The second-order valence-electron chi connectivity index (χ2n) is 5.50. The highest BCUT2D eigenvalue weighted by Crippen LogP contribution is 2.35. The number of carboxylic acid groups (broad SMARTS) is 1. The molecule has 1 heterocycles. The summed E-state index contributed by atoms with van der Waals surface area (Å²) in [6.45, 7) is 9.05. The van der Waals surface area contributed by atoms with Gasteiger partial charge in [0.15, 0.2) is 6.61 Å². The molecule has 1 atom stereocenters. The molecule has 2 rings (SSSR count). The van der Waals surface area contributed by atoms with E-state index in [9.17, 15) is 9.59 Å². The van der Waals surface area contributed by atoms with Crippen LogP contribution >= 0.6 is 0 Å². The third kappa shape index (κ3) is 4.01. The molecule has 122 valence electrons. The zero-order valence-corrected chi connectivity index (χ0v) is 13.1. The van der Waals surface area contributed by atoms with Crippen LogP contribution in [0.2, 0.25) is 0 Å². The quantitative estimate of drug-likeness (QED) is 0.818. The average Bonchev–Trinajstić information content (AvgIpc) is 2.53. The van der Waals surface area contributed by atoms with Gasteiger partial charge in [-0.15, -0.1) is 0 Å². The molecule has 0 aromatic heterocycles. The first-order chi connectivity index (χ1) is 11.1. The molecule has 1 aliphatic rings. The Kier molecular flexibility index (Phi) is 5.58. The minimum Gasteiger partial charge on any atom is -0.482 e. The maximum absolute atomic E-state index is 12.2. The van der Waals surface area contributed by atoms with Gasteiger partial charge in [0.1, 0.15) is 5.75 Å². The second kappa shape index (κ2) is 7.63. The van der Waals surface area contributed by atoms with Gasteiger partial charge in [0.2, 0.25) is 0 Å². The van der Waals surface area contributed by atoms with Crippen LogP contribution in [0.15, 0.2) is 18.2 Å². The molecule has 1 amide bonds. The van der Waals surface area contributed by atoms with Crippen molar-refractivity contribution in [3.05, 3.63) is 40.7 Å². The van der Waals surface area contributed by atoms with E-state index in [4.69, 9.17) is 16.4 Å². The normalized spacial score (nSPS) is 16.3. The van der Waals surface area contributed by atoms with Crippen LogP contribution in [0.1, 0.15) is 36.9 Å². The summed E-state index contributed by atoms with van der Waals surface area (Å²) in [5.41, 5.74) is 2.15. The molecule has 0 saturated carbocycles. The minimum absolute atomic E-state index is 0.0217. The fourth-order valence-electron chi connectivity index (χ4n) is 2.96. The van der Waals surface area contributed by atoms with Gasteiger partial charge < -0.3 is 19.6 Å². The fourth-order valence-corrected chi connectivity index (χ4v) is 2.96. The van der Waals surface area contributed by atoms with Gasteiger partial charge in [-0.25, -0.2) is 11.4 Å². The van der Waals surface area contributed by atoms with Gasteiger partial charge in [0.25, 0.3) is 6.54 Å². The molecule has 0 spiro atoms. The van der Waals surface area contributed by atoms with Crippen molar-refractivity contribution in [1.82, 2.24) is 4.90 Å². The van der Waals surface area contributed by atoms with E-state index >= 15 is 0 Å². The van der Waals surface area contributed by atoms with Crippen LogP contribution in [0.5, 0.6) is 5.75 Å². The number of rotatable bonds is 6. The number of benzene rings is 1. The number of carbonyl (C=O) groups is 2. The molecule has 1 aliphatic heterocycles. The summed E-state index contributed by atoms with van der Waals surface area (Å²) in [4.78, 5) is 27.7. The Labute approximate surface area is 135 Å². The van der Waals surface area contributed by atoms with Crippen molar-refractivity contribution in [2.45, 2.75) is 32.2 Å². The Bertz CT molecular complexity index is 636. The summed E-state index contributed by atoms with van der Waals surface area (Å²) in [5, 5.41) is 8.68. The van der Waals surface area contributed by atoms with Crippen LogP contribution in [0.3, 0.4) is 0 Å². The monoisotopic (exact) mass is 316 g/mol. The molecule has 1 aromatic rings. The zero-order valence-electron chi connectivity index (χ0n) is 13.1.